The molecular weight excluding hydrogens is 1100 g/mol. The summed E-state index contributed by atoms with van der Waals surface area (Å²) in [6, 6.07) is 32.9. The number of hydrogen-bond acceptors (Lipinski definition) is 11. The molecule has 8 rings (SSSR count). The van der Waals surface area contributed by atoms with Gasteiger partial charge in [-0.25, -0.2) is 4.79 Å². The first kappa shape index (κ1) is 60.8. The number of anilines is 2. The van der Waals surface area contributed by atoms with E-state index in [1.165, 1.54) is 6.07 Å². The van der Waals surface area contributed by atoms with Crippen LogP contribution in [0.5, 0.6) is 11.5 Å². The molecule has 0 N–H and O–H groups in total. The highest BCUT2D eigenvalue weighted by Gasteiger charge is 2.60. The highest BCUT2D eigenvalue weighted by Crippen LogP contribution is 2.54. The third-order valence-corrected chi connectivity index (χ3v) is 16.1. The Balaban J connectivity index is 0.787. The van der Waals surface area contributed by atoms with Gasteiger partial charge in [-0.3, -0.25) is 24.5 Å². The quantitative estimate of drug-likeness (QED) is 0.0545. The molecule has 14 nitrogen and oxygen atoms in total. The molecule has 3 aliphatic heterocycles. The minimum Gasteiger partial charge on any atom is -0.493 e. The maximum absolute atomic E-state index is 15.5. The lowest BCUT2D eigenvalue weighted by Crippen LogP contribution is -2.60. The number of amides is 3. The van der Waals surface area contributed by atoms with Crippen LogP contribution in [0.25, 0.3) is 0 Å². The first-order valence-electron chi connectivity index (χ1n) is 26.9. The molecule has 0 aliphatic carbocycles. The van der Waals surface area contributed by atoms with Gasteiger partial charge in [-0.05, 0) is 148 Å². The van der Waals surface area contributed by atoms with Crippen LogP contribution in [0.2, 0.25) is 10.0 Å². The van der Waals surface area contributed by atoms with Gasteiger partial charge in [-0.2, -0.15) is 18.4 Å². The van der Waals surface area contributed by atoms with Crippen LogP contribution in [0.1, 0.15) is 88.8 Å². The fourth-order valence-electron chi connectivity index (χ4n) is 10.4. The van der Waals surface area contributed by atoms with Gasteiger partial charge in [0.15, 0.2) is 5.11 Å². The van der Waals surface area contributed by atoms with Crippen LogP contribution >= 0.6 is 35.4 Å². The fraction of sp³-hybridized carbons (Fsp3) is 0.426. The second-order valence-electron chi connectivity index (χ2n) is 21.8. The van der Waals surface area contributed by atoms with Crippen molar-refractivity contribution in [3.63, 3.8) is 0 Å². The monoisotopic (exact) mass is 1170 g/mol. The summed E-state index contributed by atoms with van der Waals surface area (Å²) in [5.74, 6) is 1.20. The number of benzene rings is 5. The van der Waals surface area contributed by atoms with Gasteiger partial charge in [-0.1, -0.05) is 74.3 Å². The maximum atomic E-state index is 15.5. The normalized spacial score (nSPS) is 19.5. The summed E-state index contributed by atoms with van der Waals surface area (Å²) in [5.41, 5.74) is -1.04. The Morgan fingerprint density at radius 2 is 1.30 bits per heavy atom. The molecule has 5 aromatic rings. The molecule has 3 heterocycles. The molecule has 20 heteroatoms. The van der Waals surface area contributed by atoms with Gasteiger partial charge in [0.1, 0.15) is 40.6 Å². The lowest BCUT2D eigenvalue weighted by atomic mass is 9.71. The van der Waals surface area contributed by atoms with Crippen LogP contribution in [0.15, 0.2) is 114 Å². The van der Waals surface area contributed by atoms with E-state index in [0.717, 1.165) is 39.3 Å². The van der Waals surface area contributed by atoms with Gasteiger partial charge >= 0.3 is 12.2 Å². The van der Waals surface area contributed by atoms with E-state index in [9.17, 15) is 23.2 Å². The smallest absolute Gasteiger partial charge is 0.417 e. The molecule has 3 amide bonds. The third-order valence-electron chi connectivity index (χ3n) is 15.2. The Hall–Kier alpha value is -6.30. The summed E-state index contributed by atoms with van der Waals surface area (Å²) in [5, 5.41) is 10.4. The molecule has 0 bridgehead atoms. The van der Waals surface area contributed by atoms with Gasteiger partial charge in [0.25, 0.3) is 5.91 Å². The molecule has 0 saturated carbocycles. The molecule has 0 aromatic heterocycles. The fourth-order valence-corrected chi connectivity index (χ4v) is 11.2. The highest BCUT2D eigenvalue weighted by atomic mass is 35.5. The van der Waals surface area contributed by atoms with Crippen LogP contribution in [0.4, 0.5) is 29.3 Å². The Morgan fingerprint density at radius 3 is 1.86 bits per heavy atom. The zero-order chi connectivity index (χ0) is 58.5. The Bertz CT molecular complexity index is 3150. The summed E-state index contributed by atoms with van der Waals surface area (Å²) >= 11 is 18.6. The number of hydrogen-bond donors (Lipinski definition) is 0. The average Bonchev–Trinajstić information content (AvgIpc) is 2.56. The highest BCUT2D eigenvalue weighted by molar-refractivity contribution is 7.81. The summed E-state index contributed by atoms with van der Waals surface area (Å²) < 4.78 is 70.9. The number of urea groups is 1. The molecule has 0 unspecified atom stereocenters. The van der Waals surface area contributed by atoms with Crippen molar-refractivity contribution in [2.75, 3.05) is 95.4 Å². The van der Waals surface area contributed by atoms with E-state index in [-0.39, 0.29) is 28.9 Å². The van der Waals surface area contributed by atoms with Gasteiger partial charge < -0.3 is 33.5 Å². The molecule has 0 radical (unpaired) electrons. The molecule has 3 aliphatic rings. The van der Waals surface area contributed by atoms with Crippen molar-refractivity contribution in [1.82, 2.24) is 14.7 Å². The zero-order valence-electron chi connectivity index (χ0n) is 46.9. The van der Waals surface area contributed by atoms with Crippen molar-refractivity contribution >= 4 is 69.7 Å². The van der Waals surface area contributed by atoms with E-state index in [4.69, 9.17) is 64.1 Å². The van der Waals surface area contributed by atoms with E-state index in [1.807, 2.05) is 71.3 Å². The second-order valence-corrected chi connectivity index (χ2v) is 23.0. The van der Waals surface area contributed by atoms with E-state index < -0.39 is 39.8 Å². The number of ether oxygens (including phenoxy) is 5. The van der Waals surface area contributed by atoms with Crippen LogP contribution in [0.3, 0.4) is 0 Å². The molecule has 5 aromatic carbocycles. The largest absolute Gasteiger partial charge is 0.493 e. The van der Waals surface area contributed by atoms with Gasteiger partial charge in [0, 0.05) is 48.5 Å². The van der Waals surface area contributed by atoms with E-state index >= 15 is 4.79 Å². The van der Waals surface area contributed by atoms with Crippen LogP contribution in [-0.4, -0.2) is 129 Å². The van der Waals surface area contributed by atoms with Crippen molar-refractivity contribution in [2.45, 2.75) is 83.6 Å². The number of amidine groups is 1. The molecule has 0 spiro atoms. The number of piperazine rings is 1. The average molecular weight is 1170 g/mol. The number of nitriles is 1. The van der Waals surface area contributed by atoms with Crippen LogP contribution < -0.4 is 19.3 Å². The molecule has 81 heavy (non-hydrogen) atoms. The van der Waals surface area contributed by atoms with Crippen molar-refractivity contribution in [1.29, 1.82) is 5.26 Å². The minimum absolute atomic E-state index is 0.00138. The number of rotatable bonds is 20. The van der Waals surface area contributed by atoms with Crippen molar-refractivity contribution in [3.05, 3.63) is 153 Å². The second kappa shape index (κ2) is 25.0. The SMILES string of the molecule is CCOc1cc(C(C)(C)C)ccc1C1=N[C@@](C)(c2ccc(Cl)cc2)[C@@](C)(c2ccc(Cl)cc2)N1C(=O)N1CCN(CCOCCOCCOCCOc2ccc(N3C(=S)N(c4ccc(C#N)c(C(F)(F)F)c4)C(=O)C3(C)C)cc2)CC1. The maximum Gasteiger partial charge on any atom is 0.417 e. The number of carbonyl (C=O) groups is 2. The topological polar surface area (TPSA) is 133 Å². The first-order chi connectivity index (χ1) is 38.4. The predicted molar refractivity (Wildman–Crippen MR) is 313 cm³/mol. The number of thiocarbonyl (C=S) groups is 1. The molecular formula is C61H68Cl2F3N7O7S. The molecule has 2 saturated heterocycles. The zero-order valence-corrected chi connectivity index (χ0v) is 49.2. The standard InChI is InChI=1S/C61H68Cl2F3N7O7S/c1-9-79-52-38-44(57(2,3)4)15-25-50(52)53-68-59(7,42-11-16-45(62)17-12-42)60(8,43-13-18-46(63)19-14-43)73(53)55(75)70-28-26-69(27-29-70)30-31-76-32-33-77-34-35-78-36-37-80-49-23-21-47(22-24-49)72-56(81)71(54(74)58(72,5)6)48-20-10-41(40-67)51(39-48)61(64,65)66/h10-25,38-39H,9,26-37H2,1-8H3/t59-,60+/m0/s1. The summed E-state index contributed by atoms with van der Waals surface area (Å²) in [6.07, 6.45) is -4.80. The third kappa shape index (κ3) is 12.9. The number of alkyl halides is 3. The summed E-state index contributed by atoms with van der Waals surface area (Å²) in [4.78, 5) is 43.3. The van der Waals surface area contributed by atoms with E-state index in [1.54, 1.807) is 49.1 Å². The van der Waals surface area contributed by atoms with Crippen molar-refractivity contribution in [2.24, 2.45) is 4.99 Å². The van der Waals surface area contributed by atoms with Gasteiger partial charge in [0.05, 0.1) is 74.7 Å². The van der Waals surface area contributed by atoms with Gasteiger partial charge in [0.2, 0.25) is 0 Å². The number of aliphatic imine (C=N–C) groups is 1. The molecule has 430 valence electrons. The minimum atomic E-state index is -4.80. The number of carbonyl (C=O) groups excluding carboxylic acids is 2. The Morgan fingerprint density at radius 1 is 0.728 bits per heavy atom. The number of nitrogens with zero attached hydrogens (tertiary/aromatic N) is 7. The first-order valence-corrected chi connectivity index (χ1v) is 28.1. The lowest BCUT2D eigenvalue weighted by Gasteiger charge is -2.47. The Kier molecular flexibility index (Phi) is 18.8. The lowest BCUT2D eigenvalue weighted by molar-refractivity contribution is -0.137. The summed E-state index contributed by atoms with van der Waals surface area (Å²) in [6.45, 7) is 21.9. The van der Waals surface area contributed by atoms with Crippen molar-refractivity contribution in [3.8, 4) is 17.6 Å². The van der Waals surface area contributed by atoms with Crippen molar-refractivity contribution < 1.29 is 46.4 Å². The molecule has 2 atom stereocenters. The Labute approximate surface area is 487 Å². The van der Waals surface area contributed by atoms with E-state index in [2.05, 4.69) is 51.7 Å². The number of halogens is 5. The van der Waals surface area contributed by atoms with Crippen LogP contribution in [0, 0.1) is 11.3 Å². The van der Waals surface area contributed by atoms with Crippen LogP contribution in [-0.2, 0) is 41.7 Å². The summed E-state index contributed by atoms with van der Waals surface area (Å²) in [7, 11) is 0. The van der Waals surface area contributed by atoms with Gasteiger partial charge in [-0.15, -0.1) is 0 Å². The van der Waals surface area contributed by atoms with E-state index in [0.29, 0.717) is 112 Å². The molecule has 2 fully saturated rings. The predicted octanol–water partition coefficient (Wildman–Crippen LogP) is 12.3.